The van der Waals surface area contributed by atoms with Crippen molar-refractivity contribution in [3.63, 3.8) is 0 Å². The average molecular weight is 204 g/mol. The van der Waals surface area contributed by atoms with Gasteiger partial charge in [0, 0.05) is 5.56 Å². The number of rotatable bonds is 2. The minimum atomic E-state index is -0.623. The van der Waals surface area contributed by atoms with Gasteiger partial charge in [0.15, 0.2) is 5.78 Å². The van der Waals surface area contributed by atoms with E-state index in [4.69, 9.17) is 4.74 Å². The van der Waals surface area contributed by atoms with E-state index in [1.54, 1.807) is 13.0 Å². The maximum Gasteiger partial charge on any atom is 0.317 e. The van der Waals surface area contributed by atoms with Crippen molar-refractivity contribution < 1.29 is 14.3 Å². The molecule has 0 spiro atoms. The van der Waals surface area contributed by atoms with Gasteiger partial charge < -0.3 is 4.74 Å². The lowest BCUT2D eigenvalue weighted by molar-refractivity contribution is -0.145. The lowest BCUT2D eigenvalue weighted by Gasteiger charge is -2.05. The van der Waals surface area contributed by atoms with Crippen LogP contribution in [0.2, 0.25) is 0 Å². The van der Waals surface area contributed by atoms with Crippen LogP contribution in [-0.2, 0) is 16.0 Å². The van der Waals surface area contributed by atoms with Gasteiger partial charge in [-0.1, -0.05) is 24.3 Å². The monoisotopic (exact) mass is 204 g/mol. The van der Waals surface area contributed by atoms with Gasteiger partial charge in [0.1, 0.15) is 5.92 Å². The molecule has 2 rings (SSSR count). The molecule has 0 bridgehead atoms. The molecule has 0 unspecified atom stereocenters. The van der Waals surface area contributed by atoms with E-state index in [1.165, 1.54) is 0 Å². The summed E-state index contributed by atoms with van der Waals surface area (Å²) in [5, 5.41) is 0. The SMILES string of the molecule is CCOC(=O)[C@@H]1Cc2ccccc2C1=O. The molecule has 0 aliphatic heterocycles. The first-order valence-electron chi connectivity index (χ1n) is 5.02. The number of hydrogen-bond acceptors (Lipinski definition) is 3. The first-order valence-corrected chi connectivity index (χ1v) is 5.02. The highest BCUT2D eigenvalue weighted by Crippen LogP contribution is 2.27. The van der Waals surface area contributed by atoms with Crippen LogP contribution in [-0.4, -0.2) is 18.4 Å². The molecule has 0 saturated carbocycles. The molecule has 78 valence electrons. The number of Topliss-reactive ketones (excluding diaryl/α,β-unsaturated/α-hetero) is 1. The van der Waals surface area contributed by atoms with Gasteiger partial charge in [0.25, 0.3) is 0 Å². The summed E-state index contributed by atoms with van der Waals surface area (Å²) in [6, 6.07) is 7.33. The second-order valence-electron chi connectivity index (χ2n) is 3.53. The molecule has 0 N–H and O–H groups in total. The highest BCUT2D eigenvalue weighted by molar-refractivity contribution is 6.12. The number of fused-ring (bicyclic) bond motifs is 1. The van der Waals surface area contributed by atoms with Crippen LogP contribution in [0.25, 0.3) is 0 Å². The topological polar surface area (TPSA) is 43.4 Å². The first-order chi connectivity index (χ1) is 7.24. The molecule has 3 nitrogen and oxygen atoms in total. The molecule has 1 aliphatic rings. The fourth-order valence-electron chi connectivity index (χ4n) is 1.87. The van der Waals surface area contributed by atoms with Gasteiger partial charge in [-0.05, 0) is 18.9 Å². The molecule has 1 aromatic rings. The summed E-state index contributed by atoms with van der Waals surface area (Å²) in [7, 11) is 0. The number of esters is 1. The summed E-state index contributed by atoms with van der Waals surface area (Å²) in [6.07, 6.45) is 0.480. The first kappa shape index (κ1) is 9.90. The van der Waals surface area contributed by atoms with E-state index in [0.29, 0.717) is 18.6 Å². The zero-order valence-electron chi connectivity index (χ0n) is 8.53. The van der Waals surface area contributed by atoms with Crippen molar-refractivity contribution in [1.82, 2.24) is 0 Å². The summed E-state index contributed by atoms with van der Waals surface area (Å²) in [5.74, 6) is -1.13. The summed E-state index contributed by atoms with van der Waals surface area (Å²) in [4.78, 5) is 23.3. The predicted octanol–water partition coefficient (Wildman–Crippen LogP) is 1.60. The normalized spacial score (nSPS) is 18.7. The second kappa shape index (κ2) is 3.85. The third-order valence-electron chi connectivity index (χ3n) is 2.59. The standard InChI is InChI=1S/C12H12O3/c1-2-15-12(14)10-7-8-5-3-4-6-9(8)11(10)13/h3-6,10H,2,7H2,1H3/t10-/m1/s1. The van der Waals surface area contributed by atoms with Gasteiger partial charge in [-0.15, -0.1) is 0 Å². The molecule has 1 aromatic carbocycles. The summed E-state index contributed by atoms with van der Waals surface area (Å²) >= 11 is 0. The average Bonchev–Trinajstić information content (AvgIpc) is 2.57. The zero-order chi connectivity index (χ0) is 10.8. The Labute approximate surface area is 88.1 Å². The van der Waals surface area contributed by atoms with Crippen molar-refractivity contribution in [1.29, 1.82) is 0 Å². The van der Waals surface area contributed by atoms with Crippen molar-refractivity contribution in [3.8, 4) is 0 Å². The van der Waals surface area contributed by atoms with Crippen molar-refractivity contribution in [2.24, 2.45) is 5.92 Å². The fourth-order valence-corrected chi connectivity index (χ4v) is 1.87. The molecule has 0 saturated heterocycles. The van der Waals surface area contributed by atoms with E-state index in [1.807, 2.05) is 18.2 Å². The predicted molar refractivity (Wildman–Crippen MR) is 54.6 cm³/mol. The van der Waals surface area contributed by atoms with Crippen molar-refractivity contribution >= 4 is 11.8 Å². The van der Waals surface area contributed by atoms with Gasteiger partial charge in [-0.25, -0.2) is 0 Å². The van der Waals surface area contributed by atoms with Crippen LogP contribution >= 0.6 is 0 Å². The van der Waals surface area contributed by atoms with Gasteiger partial charge in [-0.2, -0.15) is 0 Å². The van der Waals surface area contributed by atoms with E-state index < -0.39 is 11.9 Å². The molecule has 15 heavy (non-hydrogen) atoms. The van der Waals surface area contributed by atoms with Gasteiger partial charge in [0.05, 0.1) is 6.61 Å². The van der Waals surface area contributed by atoms with Gasteiger partial charge in [0.2, 0.25) is 0 Å². The molecule has 0 heterocycles. The molecule has 1 atom stereocenters. The lowest BCUT2D eigenvalue weighted by Crippen LogP contribution is -2.23. The van der Waals surface area contributed by atoms with Crippen LogP contribution in [0, 0.1) is 5.92 Å². The number of hydrogen-bond donors (Lipinski definition) is 0. The number of carbonyl (C=O) groups is 2. The largest absolute Gasteiger partial charge is 0.465 e. The molecule has 0 radical (unpaired) electrons. The summed E-state index contributed by atoms with van der Waals surface area (Å²) in [5.41, 5.74) is 1.61. The van der Waals surface area contributed by atoms with Crippen LogP contribution in [0.15, 0.2) is 24.3 Å². The Bertz CT molecular complexity index is 409. The fraction of sp³-hybridized carbons (Fsp3) is 0.333. The maximum absolute atomic E-state index is 11.8. The number of benzene rings is 1. The van der Waals surface area contributed by atoms with Crippen molar-refractivity contribution in [3.05, 3.63) is 35.4 Å². The molecular formula is C12H12O3. The summed E-state index contributed by atoms with van der Waals surface area (Å²) < 4.78 is 4.87. The van der Waals surface area contributed by atoms with E-state index in [2.05, 4.69) is 0 Å². The molecule has 0 amide bonds. The Morgan fingerprint density at radius 1 is 1.47 bits per heavy atom. The maximum atomic E-state index is 11.8. The highest BCUT2D eigenvalue weighted by atomic mass is 16.5. The van der Waals surface area contributed by atoms with E-state index in [0.717, 1.165) is 5.56 Å². The van der Waals surface area contributed by atoms with Gasteiger partial charge >= 0.3 is 5.97 Å². The number of ketones is 1. The van der Waals surface area contributed by atoms with Crippen molar-refractivity contribution in [2.45, 2.75) is 13.3 Å². The minimum absolute atomic E-state index is 0.107. The van der Waals surface area contributed by atoms with Crippen LogP contribution in [0.4, 0.5) is 0 Å². The molecule has 0 aromatic heterocycles. The van der Waals surface area contributed by atoms with Crippen molar-refractivity contribution in [2.75, 3.05) is 6.61 Å². The van der Waals surface area contributed by atoms with E-state index >= 15 is 0 Å². The lowest BCUT2D eigenvalue weighted by atomic mass is 10.1. The summed E-state index contributed by atoms with van der Waals surface area (Å²) in [6.45, 7) is 2.06. The molecule has 1 aliphatic carbocycles. The second-order valence-corrected chi connectivity index (χ2v) is 3.53. The quantitative estimate of drug-likeness (QED) is 0.543. The Morgan fingerprint density at radius 2 is 2.20 bits per heavy atom. The molecule has 0 fully saturated rings. The zero-order valence-corrected chi connectivity index (χ0v) is 8.53. The highest BCUT2D eigenvalue weighted by Gasteiger charge is 2.36. The van der Waals surface area contributed by atoms with Crippen LogP contribution in [0.1, 0.15) is 22.8 Å². The third-order valence-corrected chi connectivity index (χ3v) is 2.59. The third kappa shape index (κ3) is 1.65. The van der Waals surface area contributed by atoms with E-state index in [9.17, 15) is 9.59 Å². The smallest absolute Gasteiger partial charge is 0.317 e. The van der Waals surface area contributed by atoms with E-state index in [-0.39, 0.29) is 5.78 Å². The molecule has 3 heteroatoms. The number of carbonyl (C=O) groups excluding carboxylic acids is 2. The van der Waals surface area contributed by atoms with Crippen LogP contribution < -0.4 is 0 Å². The molecular weight excluding hydrogens is 192 g/mol. The van der Waals surface area contributed by atoms with Crippen LogP contribution in [0.3, 0.4) is 0 Å². The van der Waals surface area contributed by atoms with Gasteiger partial charge in [-0.3, -0.25) is 9.59 Å². The minimum Gasteiger partial charge on any atom is -0.465 e. The Hall–Kier alpha value is -1.64. The Morgan fingerprint density at radius 3 is 2.87 bits per heavy atom. The number of ether oxygens (including phenoxy) is 1. The Kier molecular flexibility index (Phi) is 2.54. The Balaban J connectivity index is 2.24. The van der Waals surface area contributed by atoms with Crippen LogP contribution in [0.5, 0.6) is 0 Å².